The second-order valence-electron chi connectivity index (χ2n) is 9.76. The van der Waals surface area contributed by atoms with Gasteiger partial charge in [-0.2, -0.15) is 10.4 Å². The summed E-state index contributed by atoms with van der Waals surface area (Å²) in [5.41, 5.74) is 4.09. The highest BCUT2D eigenvalue weighted by atomic mass is 16.7. The lowest BCUT2D eigenvalue weighted by atomic mass is 9.86. The SMILES string of the molecule is CCC(C)(C)C(=O)OCO/C(=C(/C#N)c1ccc(C(C)(C)C)cc1)c1c(C)c(C)nn1C. The van der Waals surface area contributed by atoms with Crippen molar-refractivity contribution in [2.24, 2.45) is 12.5 Å². The quantitative estimate of drug-likeness (QED) is 0.241. The third-order valence-corrected chi connectivity index (χ3v) is 5.94. The van der Waals surface area contributed by atoms with E-state index in [1.807, 2.05) is 65.9 Å². The molecule has 6 heteroatoms. The zero-order valence-electron chi connectivity index (χ0n) is 20.8. The molecule has 0 spiro atoms. The Labute approximate surface area is 191 Å². The van der Waals surface area contributed by atoms with Gasteiger partial charge >= 0.3 is 5.97 Å². The maximum atomic E-state index is 12.4. The highest BCUT2D eigenvalue weighted by molar-refractivity contribution is 5.94. The lowest BCUT2D eigenvalue weighted by molar-refractivity contribution is -0.162. The molecule has 0 unspecified atom stereocenters. The summed E-state index contributed by atoms with van der Waals surface area (Å²) in [5, 5.41) is 14.5. The van der Waals surface area contributed by atoms with Crippen LogP contribution in [0, 0.1) is 30.6 Å². The topological polar surface area (TPSA) is 77.1 Å². The van der Waals surface area contributed by atoms with E-state index < -0.39 is 5.41 Å². The van der Waals surface area contributed by atoms with Gasteiger partial charge in [0.25, 0.3) is 0 Å². The van der Waals surface area contributed by atoms with Crippen LogP contribution in [0.15, 0.2) is 24.3 Å². The van der Waals surface area contributed by atoms with Gasteiger partial charge in [-0.1, -0.05) is 52.0 Å². The minimum Gasteiger partial charge on any atom is -0.454 e. The molecule has 0 aliphatic rings. The molecule has 6 nitrogen and oxygen atoms in total. The van der Waals surface area contributed by atoms with Crippen molar-refractivity contribution in [3.63, 3.8) is 0 Å². The molecule has 0 aliphatic carbocycles. The third-order valence-electron chi connectivity index (χ3n) is 5.94. The number of benzene rings is 1. The summed E-state index contributed by atoms with van der Waals surface area (Å²) in [5.74, 6) is 0.00371. The van der Waals surface area contributed by atoms with E-state index in [2.05, 4.69) is 31.9 Å². The molecule has 1 aromatic carbocycles. The summed E-state index contributed by atoms with van der Waals surface area (Å²) in [6.45, 7) is 15.6. The number of hydrogen-bond acceptors (Lipinski definition) is 5. The predicted octanol–water partition coefficient (Wildman–Crippen LogP) is 5.68. The van der Waals surface area contributed by atoms with Crippen LogP contribution in [-0.2, 0) is 26.7 Å². The van der Waals surface area contributed by atoms with Crippen molar-refractivity contribution in [1.82, 2.24) is 9.78 Å². The van der Waals surface area contributed by atoms with Gasteiger partial charge in [0.1, 0.15) is 17.3 Å². The smallest absolute Gasteiger partial charge is 0.314 e. The van der Waals surface area contributed by atoms with Crippen LogP contribution in [-0.4, -0.2) is 22.5 Å². The summed E-state index contributed by atoms with van der Waals surface area (Å²) >= 11 is 0. The van der Waals surface area contributed by atoms with E-state index in [-0.39, 0.29) is 18.2 Å². The molecule has 0 saturated heterocycles. The zero-order valence-corrected chi connectivity index (χ0v) is 20.8. The molecular weight excluding hydrogens is 402 g/mol. The van der Waals surface area contributed by atoms with E-state index in [1.165, 1.54) is 5.56 Å². The summed E-state index contributed by atoms with van der Waals surface area (Å²) in [4.78, 5) is 12.4. The standard InChI is InChI=1S/C26H35N3O3/c1-10-26(7,8)24(30)32-16-31-23(22-17(2)18(3)28-29(22)9)21(15-27)19-11-13-20(14-12-19)25(4,5)6/h11-14H,10,16H2,1-9H3/b23-21-. The molecule has 0 aliphatic heterocycles. The van der Waals surface area contributed by atoms with Crippen LogP contribution in [0.5, 0.6) is 0 Å². The van der Waals surface area contributed by atoms with Crippen molar-refractivity contribution in [3.05, 3.63) is 52.3 Å². The fraction of sp³-hybridized carbons (Fsp3) is 0.500. The van der Waals surface area contributed by atoms with E-state index in [4.69, 9.17) is 9.47 Å². The molecule has 1 heterocycles. The molecule has 0 bridgehead atoms. The number of aryl methyl sites for hydroxylation is 2. The van der Waals surface area contributed by atoms with Crippen molar-refractivity contribution in [1.29, 1.82) is 5.26 Å². The molecule has 0 amide bonds. The Morgan fingerprint density at radius 3 is 2.12 bits per heavy atom. The summed E-state index contributed by atoms with van der Waals surface area (Å²) in [6, 6.07) is 10.2. The summed E-state index contributed by atoms with van der Waals surface area (Å²) in [6.07, 6.45) is 0.651. The number of allylic oxidation sites excluding steroid dienone is 1. The first-order valence-electron chi connectivity index (χ1n) is 10.9. The highest BCUT2D eigenvalue weighted by Gasteiger charge is 2.28. The zero-order chi connectivity index (χ0) is 24.3. The van der Waals surface area contributed by atoms with Gasteiger partial charge in [-0.05, 0) is 50.7 Å². The van der Waals surface area contributed by atoms with Crippen LogP contribution in [0.2, 0.25) is 0 Å². The van der Waals surface area contributed by atoms with E-state index in [0.717, 1.165) is 16.8 Å². The van der Waals surface area contributed by atoms with Gasteiger partial charge in [0.2, 0.25) is 6.79 Å². The summed E-state index contributed by atoms with van der Waals surface area (Å²) < 4.78 is 13.1. The normalized spacial score (nSPS) is 12.8. The van der Waals surface area contributed by atoms with E-state index in [0.29, 0.717) is 23.4 Å². The molecule has 2 rings (SSSR count). The van der Waals surface area contributed by atoms with Gasteiger partial charge in [0, 0.05) is 12.6 Å². The first-order chi connectivity index (χ1) is 14.8. The lowest BCUT2D eigenvalue weighted by Gasteiger charge is -2.21. The average molecular weight is 438 g/mol. The Morgan fingerprint density at radius 2 is 1.69 bits per heavy atom. The number of carbonyl (C=O) groups is 1. The minimum atomic E-state index is -0.604. The fourth-order valence-electron chi connectivity index (χ4n) is 3.21. The average Bonchev–Trinajstić information content (AvgIpc) is 2.98. The first kappa shape index (κ1) is 25.2. The van der Waals surface area contributed by atoms with Gasteiger partial charge in [-0.25, -0.2) is 0 Å². The third kappa shape index (κ3) is 5.40. The van der Waals surface area contributed by atoms with Crippen LogP contribution < -0.4 is 0 Å². The molecule has 1 aromatic heterocycles. The first-order valence-corrected chi connectivity index (χ1v) is 10.9. The number of rotatable bonds is 7. The molecule has 0 atom stereocenters. The van der Waals surface area contributed by atoms with Crippen molar-refractivity contribution in [2.75, 3.05) is 6.79 Å². The molecular formula is C26H35N3O3. The molecule has 0 radical (unpaired) electrons. The van der Waals surface area contributed by atoms with Gasteiger partial charge < -0.3 is 9.47 Å². The van der Waals surface area contributed by atoms with Crippen LogP contribution in [0.1, 0.15) is 76.0 Å². The van der Waals surface area contributed by atoms with E-state index in [1.54, 1.807) is 4.68 Å². The van der Waals surface area contributed by atoms with Crippen molar-refractivity contribution < 1.29 is 14.3 Å². The van der Waals surface area contributed by atoms with Crippen molar-refractivity contribution in [2.45, 2.75) is 67.2 Å². The van der Waals surface area contributed by atoms with Crippen LogP contribution in [0.4, 0.5) is 0 Å². The second kappa shape index (κ2) is 9.60. The molecule has 0 fully saturated rings. The van der Waals surface area contributed by atoms with E-state index in [9.17, 15) is 10.1 Å². The largest absolute Gasteiger partial charge is 0.454 e. The number of nitrogens with zero attached hydrogens (tertiary/aromatic N) is 3. The van der Waals surface area contributed by atoms with E-state index >= 15 is 0 Å². The number of ether oxygens (including phenoxy) is 2. The van der Waals surface area contributed by atoms with Crippen LogP contribution in [0.3, 0.4) is 0 Å². The molecule has 0 saturated carbocycles. The number of carbonyl (C=O) groups excluding carboxylic acids is 1. The Hall–Kier alpha value is -3.07. The molecule has 0 N–H and O–H groups in total. The Bertz CT molecular complexity index is 1050. The number of hydrogen-bond donors (Lipinski definition) is 0. The van der Waals surface area contributed by atoms with Gasteiger partial charge in [-0.3, -0.25) is 9.48 Å². The van der Waals surface area contributed by atoms with Crippen molar-refractivity contribution >= 4 is 17.3 Å². The number of esters is 1. The molecule has 172 valence electrons. The van der Waals surface area contributed by atoms with Gasteiger partial charge in [0.15, 0.2) is 5.76 Å². The molecule has 2 aromatic rings. The Kier molecular flexibility index (Phi) is 7.56. The number of aromatic nitrogens is 2. The monoisotopic (exact) mass is 437 g/mol. The summed E-state index contributed by atoms with van der Waals surface area (Å²) in [7, 11) is 1.81. The second-order valence-corrected chi connectivity index (χ2v) is 9.76. The van der Waals surface area contributed by atoms with Crippen LogP contribution >= 0.6 is 0 Å². The number of nitriles is 1. The Morgan fingerprint density at radius 1 is 1.09 bits per heavy atom. The maximum absolute atomic E-state index is 12.4. The minimum absolute atomic E-state index is 0.00437. The highest BCUT2D eigenvalue weighted by Crippen LogP contribution is 2.32. The molecule has 32 heavy (non-hydrogen) atoms. The van der Waals surface area contributed by atoms with Gasteiger partial charge in [-0.15, -0.1) is 0 Å². The Balaban J connectivity index is 2.52. The lowest BCUT2D eigenvalue weighted by Crippen LogP contribution is -2.26. The fourth-order valence-corrected chi connectivity index (χ4v) is 3.21. The van der Waals surface area contributed by atoms with Crippen molar-refractivity contribution in [3.8, 4) is 6.07 Å². The van der Waals surface area contributed by atoms with Gasteiger partial charge in [0.05, 0.1) is 11.1 Å². The van der Waals surface area contributed by atoms with Crippen LogP contribution in [0.25, 0.3) is 11.3 Å². The predicted molar refractivity (Wildman–Crippen MR) is 126 cm³/mol. The maximum Gasteiger partial charge on any atom is 0.314 e.